The maximum Gasteiger partial charge on any atom is 0.379 e. The molecule has 0 spiro atoms. The smallest absolute Gasteiger partial charge is 0.312 e. The molecule has 1 saturated carbocycles. The zero-order valence-corrected chi connectivity index (χ0v) is 13.9. The van der Waals surface area contributed by atoms with Gasteiger partial charge in [-0.05, 0) is 55.4 Å². The van der Waals surface area contributed by atoms with E-state index in [-0.39, 0.29) is 6.61 Å². The van der Waals surface area contributed by atoms with Crippen LogP contribution in [-0.2, 0) is 4.74 Å². The minimum Gasteiger partial charge on any atom is -0.312 e. The van der Waals surface area contributed by atoms with Gasteiger partial charge in [0.15, 0.2) is 0 Å². The third-order valence-electron chi connectivity index (χ3n) is 6.25. The molecule has 0 bridgehead atoms. The first-order chi connectivity index (χ1) is 10.6. The second-order valence-electron chi connectivity index (χ2n) is 7.67. The Bertz CT molecular complexity index is 408. The molecule has 3 aliphatic rings. The van der Waals surface area contributed by atoms with E-state index in [2.05, 4.69) is 11.7 Å². The van der Waals surface area contributed by atoms with E-state index < -0.39 is 6.11 Å². The number of ether oxygens (including phenoxy) is 1. The normalized spacial score (nSPS) is 34.8. The lowest BCUT2D eigenvalue weighted by atomic mass is 9.69. The standard InChI is InChI=1S/C19H30F2O/c1-2-3-4-5-14-6-8-15(9-7-14)16-10-11-18-17(12-16)13-22-19(18,20)21/h14-16H,2-13H2,1H3. The van der Waals surface area contributed by atoms with Gasteiger partial charge in [-0.25, -0.2) is 0 Å². The first-order valence-electron chi connectivity index (χ1n) is 9.33. The van der Waals surface area contributed by atoms with E-state index in [4.69, 9.17) is 0 Å². The molecule has 0 aromatic rings. The van der Waals surface area contributed by atoms with Crippen LogP contribution < -0.4 is 0 Å². The molecule has 126 valence electrons. The van der Waals surface area contributed by atoms with Crippen LogP contribution in [0.1, 0.15) is 77.6 Å². The Morgan fingerprint density at radius 2 is 1.82 bits per heavy atom. The minimum atomic E-state index is -2.96. The molecule has 3 rings (SSSR count). The van der Waals surface area contributed by atoms with E-state index in [0.717, 1.165) is 30.3 Å². The van der Waals surface area contributed by atoms with Crippen LogP contribution in [0.3, 0.4) is 0 Å². The number of halogens is 2. The van der Waals surface area contributed by atoms with E-state index in [1.54, 1.807) is 0 Å². The molecule has 0 aromatic heterocycles. The molecule has 0 aromatic carbocycles. The Kier molecular flexibility index (Phi) is 5.21. The molecule has 2 aliphatic carbocycles. The van der Waals surface area contributed by atoms with Crippen LogP contribution in [0.4, 0.5) is 8.78 Å². The second-order valence-corrected chi connectivity index (χ2v) is 7.67. The van der Waals surface area contributed by atoms with Crippen LogP contribution in [0.25, 0.3) is 0 Å². The largest absolute Gasteiger partial charge is 0.379 e. The van der Waals surface area contributed by atoms with Crippen molar-refractivity contribution >= 4 is 0 Å². The van der Waals surface area contributed by atoms with E-state index in [0.29, 0.717) is 17.9 Å². The third-order valence-corrected chi connectivity index (χ3v) is 6.25. The fourth-order valence-corrected chi connectivity index (χ4v) is 4.84. The summed E-state index contributed by atoms with van der Waals surface area (Å²) in [6, 6.07) is 0. The van der Waals surface area contributed by atoms with Crippen molar-refractivity contribution in [1.29, 1.82) is 0 Å². The summed E-state index contributed by atoms with van der Waals surface area (Å²) in [5.74, 6) is 2.33. The Labute approximate surface area is 133 Å². The summed E-state index contributed by atoms with van der Waals surface area (Å²) in [4.78, 5) is 0. The van der Waals surface area contributed by atoms with Gasteiger partial charge in [0.1, 0.15) is 0 Å². The SMILES string of the molecule is CCCCCC1CCC(C2CCC3=C(COC3(F)F)C2)CC1. The van der Waals surface area contributed by atoms with Gasteiger partial charge in [-0.15, -0.1) is 0 Å². The predicted octanol–water partition coefficient (Wildman–Crippen LogP) is 6.09. The van der Waals surface area contributed by atoms with E-state index in [1.807, 2.05) is 0 Å². The maximum atomic E-state index is 13.6. The summed E-state index contributed by atoms with van der Waals surface area (Å²) < 4.78 is 31.8. The number of hydrogen-bond donors (Lipinski definition) is 0. The monoisotopic (exact) mass is 312 g/mol. The van der Waals surface area contributed by atoms with Crippen molar-refractivity contribution < 1.29 is 13.5 Å². The van der Waals surface area contributed by atoms with Crippen molar-refractivity contribution in [2.24, 2.45) is 17.8 Å². The molecule has 1 aliphatic heterocycles. The van der Waals surface area contributed by atoms with Crippen LogP contribution in [0, 0.1) is 17.8 Å². The van der Waals surface area contributed by atoms with Crippen molar-refractivity contribution in [2.45, 2.75) is 83.7 Å². The van der Waals surface area contributed by atoms with Gasteiger partial charge in [-0.1, -0.05) is 45.4 Å². The van der Waals surface area contributed by atoms with Crippen molar-refractivity contribution in [3.8, 4) is 0 Å². The minimum absolute atomic E-state index is 0.172. The lowest BCUT2D eigenvalue weighted by Crippen LogP contribution is -2.26. The van der Waals surface area contributed by atoms with E-state index in [1.165, 1.54) is 51.4 Å². The van der Waals surface area contributed by atoms with Gasteiger partial charge < -0.3 is 4.74 Å². The molecular formula is C19H30F2O. The van der Waals surface area contributed by atoms with Crippen LogP contribution in [0.5, 0.6) is 0 Å². The fraction of sp³-hybridized carbons (Fsp3) is 0.895. The van der Waals surface area contributed by atoms with Gasteiger partial charge in [-0.3, -0.25) is 0 Å². The third kappa shape index (κ3) is 3.55. The van der Waals surface area contributed by atoms with Crippen LogP contribution in [0.15, 0.2) is 11.1 Å². The molecule has 1 nitrogen and oxygen atoms in total. The van der Waals surface area contributed by atoms with Crippen molar-refractivity contribution in [3.63, 3.8) is 0 Å². The van der Waals surface area contributed by atoms with Gasteiger partial charge >= 0.3 is 6.11 Å². The first kappa shape index (κ1) is 16.4. The summed E-state index contributed by atoms with van der Waals surface area (Å²) in [6.45, 7) is 2.43. The van der Waals surface area contributed by atoms with Crippen molar-refractivity contribution in [3.05, 3.63) is 11.1 Å². The molecule has 0 N–H and O–H groups in total. The molecule has 0 amide bonds. The highest BCUT2D eigenvalue weighted by Crippen LogP contribution is 2.48. The highest BCUT2D eigenvalue weighted by atomic mass is 19.3. The molecule has 22 heavy (non-hydrogen) atoms. The Morgan fingerprint density at radius 1 is 1.05 bits per heavy atom. The number of unbranched alkanes of at least 4 members (excludes halogenated alkanes) is 2. The zero-order valence-electron chi connectivity index (χ0n) is 13.9. The predicted molar refractivity (Wildman–Crippen MR) is 84.9 cm³/mol. The van der Waals surface area contributed by atoms with Crippen LogP contribution >= 0.6 is 0 Å². The van der Waals surface area contributed by atoms with Crippen LogP contribution in [-0.4, -0.2) is 12.7 Å². The molecule has 3 heteroatoms. The summed E-state index contributed by atoms with van der Waals surface area (Å²) >= 11 is 0. The molecule has 1 unspecified atom stereocenters. The first-order valence-corrected chi connectivity index (χ1v) is 9.33. The van der Waals surface area contributed by atoms with Crippen molar-refractivity contribution in [1.82, 2.24) is 0 Å². The molecule has 0 saturated heterocycles. The van der Waals surface area contributed by atoms with Gasteiger partial charge in [-0.2, -0.15) is 8.78 Å². The lowest BCUT2D eigenvalue weighted by molar-refractivity contribution is -0.189. The second kappa shape index (κ2) is 6.98. The van der Waals surface area contributed by atoms with Gasteiger partial charge in [0.2, 0.25) is 0 Å². The summed E-state index contributed by atoms with van der Waals surface area (Å²) in [5.41, 5.74) is 1.24. The number of rotatable bonds is 5. The summed E-state index contributed by atoms with van der Waals surface area (Å²) in [5, 5.41) is 0. The zero-order chi connectivity index (χ0) is 15.6. The number of alkyl halides is 2. The van der Waals surface area contributed by atoms with Crippen molar-refractivity contribution in [2.75, 3.05) is 6.61 Å². The van der Waals surface area contributed by atoms with Gasteiger partial charge in [0.25, 0.3) is 0 Å². The molecule has 0 radical (unpaired) electrons. The Hall–Kier alpha value is -0.440. The highest BCUT2D eigenvalue weighted by molar-refractivity contribution is 5.27. The fourth-order valence-electron chi connectivity index (χ4n) is 4.84. The molecule has 1 heterocycles. The average Bonchev–Trinajstić information content (AvgIpc) is 2.83. The average molecular weight is 312 g/mol. The lowest BCUT2D eigenvalue weighted by Gasteiger charge is -2.36. The molecule has 1 atom stereocenters. The summed E-state index contributed by atoms with van der Waals surface area (Å²) in [6.07, 6.45) is 10.3. The van der Waals surface area contributed by atoms with Crippen LogP contribution in [0.2, 0.25) is 0 Å². The molecule has 1 fully saturated rings. The quantitative estimate of drug-likeness (QED) is 0.440. The molecular weight excluding hydrogens is 282 g/mol. The maximum absolute atomic E-state index is 13.6. The van der Waals surface area contributed by atoms with Gasteiger partial charge in [0, 0.05) is 5.57 Å². The topological polar surface area (TPSA) is 9.23 Å². The Balaban J connectivity index is 1.47. The highest BCUT2D eigenvalue weighted by Gasteiger charge is 2.46. The number of hydrogen-bond acceptors (Lipinski definition) is 1. The van der Waals surface area contributed by atoms with E-state index >= 15 is 0 Å². The Morgan fingerprint density at radius 3 is 2.55 bits per heavy atom. The van der Waals surface area contributed by atoms with Gasteiger partial charge in [0.05, 0.1) is 6.61 Å². The summed E-state index contributed by atoms with van der Waals surface area (Å²) in [7, 11) is 0. The van der Waals surface area contributed by atoms with E-state index in [9.17, 15) is 8.78 Å².